The van der Waals surface area contributed by atoms with E-state index in [9.17, 15) is 15.0 Å². The van der Waals surface area contributed by atoms with Gasteiger partial charge in [0.2, 0.25) is 0 Å². The van der Waals surface area contributed by atoms with Crippen molar-refractivity contribution in [2.75, 3.05) is 0 Å². The molecule has 1 aromatic carbocycles. The summed E-state index contributed by atoms with van der Waals surface area (Å²) in [6.07, 6.45) is 5.20. The van der Waals surface area contributed by atoms with Crippen LogP contribution in [-0.4, -0.2) is 16.2 Å². The Morgan fingerprint density at radius 1 is 1.16 bits per heavy atom. The quantitative estimate of drug-likeness (QED) is 0.878. The van der Waals surface area contributed by atoms with E-state index < -0.39 is 12.1 Å². The second-order valence-corrected chi connectivity index (χ2v) is 5.87. The zero-order chi connectivity index (χ0) is 13.4. The van der Waals surface area contributed by atoms with Crippen LogP contribution in [-0.2, 0) is 17.6 Å². The molecule has 3 atom stereocenters. The molecule has 3 unspecified atom stereocenters. The van der Waals surface area contributed by atoms with Crippen LogP contribution in [0.4, 0.5) is 0 Å². The molecule has 3 heteroatoms. The Kier molecular flexibility index (Phi) is 3.31. The number of carbonyl (C=O) groups is 1. The van der Waals surface area contributed by atoms with Crippen LogP contribution in [0.2, 0.25) is 0 Å². The maximum atomic E-state index is 11.2. The van der Waals surface area contributed by atoms with Gasteiger partial charge in [0, 0.05) is 5.92 Å². The molecule has 1 aromatic rings. The first-order valence-corrected chi connectivity index (χ1v) is 7.19. The number of aliphatic carboxylic acids is 1. The third-order valence-electron chi connectivity index (χ3n) is 4.76. The van der Waals surface area contributed by atoms with Crippen molar-refractivity contribution >= 4 is 5.97 Å². The minimum atomic E-state index is -0.761. The molecule has 102 valence electrons. The Morgan fingerprint density at radius 3 is 2.74 bits per heavy atom. The zero-order valence-electron chi connectivity index (χ0n) is 11.0. The largest absolute Gasteiger partial charge is 0.481 e. The number of fused-ring (bicyclic) bond motifs is 1. The highest BCUT2D eigenvalue weighted by Gasteiger charge is 2.38. The molecule has 1 fully saturated rings. The molecule has 0 amide bonds. The molecular weight excluding hydrogens is 240 g/mol. The summed E-state index contributed by atoms with van der Waals surface area (Å²) < 4.78 is 0. The highest BCUT2D eigenvalue weighted by Crippen LogP contribution is 2.41. The molecule has 1 saturated carbocycles. The van der Waals surface area contributed by atoms with Gasteiger partial charge in [0.15, 0.2) is 0 Å². The first kappa shape index (κ1) is 12.7. The van der Waals surface area contributed by atoms with Crippen molar-refractivity contribution in [3.63, 3.8) is 0 Å². The van der Waals surface area contributed by atoms with Crippen LogP contribution in [0.15, 0.2) is 18.2 Å². The first-order valence-electron chi connectivity index (χ1n) is 7.19. The zero-order valence-corrected chi connectivity index (χ0v) is 11.0. The van der Waals surface area contributed by atoms with E-state index in [2.05, 4.69) is 12.1 Å². The van der Waals surface area contributed by atoms with Gasteiger partial charge in [0.25, 0.3) is 0 Å². The van der Waals surface area contributed by atoms with E-state index in [1.165, 1.54) is 17.5 Å². The van der Waals surface area contributed by atoms with E-state index in [1.54, 1.807) is 0 Å². The topological polar surface area (TPSA) is 57.5 Å². The van der Waals surface area contributed by atoms with Crippen LogP contribution in [0.1, 0.15) is 48.5 Å². The van der Waals surface area contributed by atoms with Crippen molar-refractivity contribution in [1.82, 2.24) is 0 Å². The van der Waals surface area contributed by atoms with Crippen molar-refractivity contribution in [2.24, 2.45) is 11.8 Å². The molecule has 0 aliphatic heterocycles. The fraction of sp³-hybridized carbons (Fsp3) is 0.562. The number of rotatable bonds is 3. The number of hydrogen-bond acceptors (Lipinski definition) is 2. The van der Waals surface area contributed by atoms with E-state index in [1.807, 2.05) is 6.07 Å². The van der Waals surface area contributed by atoms with Crippen LogP contribution in [0.25, 0.3) is 0 Å². The van der Waals surface area contributed by atoms with E-state index in [0.717, 1.165) is 31.2 Å². The monoisotopic (exact) mass is 260 g/mol. The molecule has 2 aliphatic carbocycles. The fourth-order valence-corrected chi connectivity index (χ4v) is 3.70. The fourth-order valence-electron chi connectivity index (χ4n) is 3.70. The summed E-state index contributed by atoms with van der Waals surface area (Å²) in [4.78, 5) is 11.2. The third-order valence-corrected chi connectivity index (χ3v) is 4.76. The molecular formula is C16H20O3. The SMILES string of the molecule is O=C(O)C1CCCC1C(O)c1ccc2c(c1)CCC2. The highest BCUT2D eigenvalue weighted by molar-refractivity contribution is 5.70. The Hall–Kier alpha value is -1.35. The van der Waals surface area contributed by atoms with Gasteiger partial charge in [-0.2, -0.15) is 0 Å². The summed E-state index contributed by atoms with van der Waals surface area (Å²) >= 11 is 0. The lowest BCUT2D eigenvalue weighted by molar-refractivity contribution is -0.144. The van der Waals surface area contributed by atoms with Gasteiger partial charge in [-0.1, -0.05) is 24.6 Å². The second-order valence-electron chi connectivity index (χ2n) is 5.87. The second kappa shape index (κ2) is 4.97. The van der Waals surface area contributed by atoms with E-state index in [4.69, 9.17) is 0 Å². The molecule has 0 aromatic heterocycles. The Balaban J connectivity index is 1.83. The standard InChI is InChI=1S/C16H20O3/c17-15(13-5-2-6-14(13)16(18)19)12-8-7-10-3-1-4-11(10)9-12/h7-9,13-15,17H,1-6H2,(H,18,19). The predicted octanol–water partition coefficient (Wildman–Crippen LogP) is 2.71. The molecule has 0 spiro atoms. The lowest BCUT2D eigenvalue weighted by atomic mass is 9.86. The number of aliphatic hydroxyl groups is 1. The van der Waals surface area contributed by atoms with Gasteiger partial charge in [-0.15, -0.1) is 0 Å². The summed E-state index contributed by atoms with van der Waals surface area (Å²) in [5.74, 6) is -1.28. The van der Waals surface area contributed by atoms with Crippen LogP contribution in [0.3, 0.4) is 0 Å². The Bertz CT molecular complexity index is 495. The molecule has 2 N–H and O–H groups in total. The third kappa shape index (κ3) is 2.27. The van der Waals surface area contributed by atoms with Crippen LogP contribution in [0.5, 0.6) is 0 Å². The summed E-state index contributed by atoms with van der Waals surface area (Å²) in [5, 5.41) is 19.7. The highest BCUT2D eigenvalue weighted by atomic mass is 16.4. The lowest BCUT2D eigenvalue weighted by Gasteiger charge is -2.23. The van der Waals surface area contributed by atoms with Gasteiger partial charge in [-0.05, 0) is 48.8 Å². The van der Waals surface area contributed by atoms with Gasteiger partial charge in [0.1, 0.15) is 0 Å². The van der Waals surface area contributed by atoms with Crippen LogP contribution < -0.4 is 0 Å². The average Bonchev–Trinajstić information content (AvgIpc) is 3.05. The van der Waals surface area contributed by atoms with E-state index >= 15 is 0 Å². The molecule has 0 radical (unpaired) electrons. The van der Waals surface area contributed by atoms with Gasteiger partial charge >= 0.3 is 5.97 Å². The number of benzene rings is 1. The Morgan fingerprint density at radius 2 is 1.95 bits per heavy atom. The summed E-state index contributed by atoms with van der Waals surface area (Å²) in [6.45, 7) is 0. The molecule has 3 rings (SSSR count). The van der Waals surface area contributed by atoms with Crippen molar-refractivity contribution in [1.29, 1.82) is 0 Å². The van der Waals surface area contributed by atoms with Crippen molar-refractivity contribution in [3.05, 3.63) is 34.9 Å². The van der Waals surface area contributed by atoms with E-state index in [-0.39, 0.29) is 11.8 Å². The van der Waals surface area contributed by atoms with Crippen molar-refractivity contribution in [2.45, 2.75) is 44.6 Å². The molecule has 0 saturated heterocycles. The summed E-state index contributed by atoms with van der Waals surface area (Å²) in [7, 11) is 0. The normalized spacial score (nSPS) is 27.2. The minimum Gasteiger partial charge on any atom is -0.481 e. The Labute approximate surface area is 113 Å². The van der Waals surface area contributed by atoms with Gasteiger partial charge < -0.3 is 10.2 Å². The van der Waals surface area contributed by atoms with Crippen LogP contribution >= 0.6 is 0 Å². The average molecular weight is 260 g/mol. The maximum Gasteiger partial charge on any atom is 0.306 e. The lowest BCUT2D eigenvalue weighted by Crippen LogP contribution is -2.24. The van der Waals surface area contributed by atoms with E-state index in [0.29, 0.717) is 6.42 Å². The van der Waals surface area contributed by atoms with Crippen molar-refractivity contribution < 1.29 is 15.0 Å². The first-order chi connectivity index (χ1) is 9.16. The molecule has 3 nitrogen and oxygen atoms in total. The number of carboxylic acids is 1. The van der Waals surface area contributed by atoms with Crippen LogP contribution in [0, 0.1) is 11.8 Å². The smallest absolute Gasteiger partial charge is 0.306 e. The molecule has 0 bridgehead atoms. The molecule has 0 heterocycles. The molecule has 2 aliphatic rings. The number of hydrogen-bond donors (Lipinski definition) is 2. The van der Waals surface area contributed by atoms with Gasteiger partial charge in [-0.3, -0.25) is 4.79 Å². The van der Waals surface area contributed by atoms with Crippen molar-refractivity contribution in [3.8, 4) is 0 Å². The summed E-state index contributed by atoms with van der Waals surface area (Å²) in [6, 6.07) is 6.17. The minimum absolute atomic E-state index is 0.128. The predicted molar refractivity (Wildman–Crippen MR) is 71.9 cm³/mol. The maximum absolute atomic E-state index is 11.2. The summed E-state index contributed by atoms with van der Waals surface area (Å²) in [5.41, 5.74) is 3.62. The number of aryl methyl sites for hydroxylation is 2. The van der Waals surface area contributed by atoms with Gasteiger partial charge in [0.05, 0.1) is 12.0 Å². The molecule has 19 heavy (non-hydrogen) atoms. The number of aliphatic hydroxyl groups excluding tert-OH is 1. The van der Waals surface area contributed by atoms with Gasteiger partial charge in [-0.25, -0.2) is 0 Å². The number of carboxylic acid groups (broad SMARTS) is 1.